The van der Waals surface area contributed by atoms with Gasteiger partial charge in [0.1, 0.15) is 0 Å². The van der Waals surface area contributed by atoms with Crippen LogP contribution in [-0.2, 0) is 4.79 Å². The minimum atomic E-state index is 0.0274. The first kappa shape index (κ1) is 13.8. The van der Waals surface area contributed by atoms with Gasteiger partial charge in [-0.05, 0) is 45.6 Å². The maximum Gasteiger partial charge on any atom is 0.236 e. The van der Waals surface area contributed by atoms with Crippen LogP contribution in [0, 0.1) is 0 Å². The summed E-state index contributed by atoms with van der Waals surface area (Å²) in [6.45, 7) is 5.38. The predicted molar refractivity (Wildman–Crippen MR) is 73.5 cm³/mol. The lowest BCUT2D eigenvalue weighted by atomic mass is 9.95. The van der Waals surface area contributed by atoms with Gasteiger partial charge < -0.3 is 10.6 Å². The Hall–Kier alpha value is -0.610. The zero-order valence-electron chi connectivity index (χ0n) is 11.9. The van der Waals surface area contributed by atoms with Gasteiger partial charge in [-0.1, -0.05) is 6.92 Å². The molecule has 18 heavy (non-hydrogen) atoms. The second kappa shape index (κ2) is 6.02. The normalized spacial score (nSPS) is 33.4. The van der Waals surface area contributed by atoms with Crippen LogP contribution in [0.5, 0.6) is 0 Å². The number of nitrogens with one attached hydrogen (secondary N) is 2. The van der Waals surface area contributed by atoms with E-state index >= 15 is 0 Å². The average Bonchev–Trinajstić information content (AvgIpc) is 2.65. The molecule has 0 saturated carbocycles. The second-order valence-corrected chi connectivity index (χ2v) is 5.74. The summed E-state index contributed by atoms with van der Waals surface area (Å²) in [5.41, 5.74) is 0. The van der Waals surface area contributed by atoms with Gasteiger partial charge in [-0.15, -0.1) is 0 Å². The Morgan fingerprint density at radius 2 is 1.94 bits per heavy atom. The van der Waals surface area contributed by atoms with E-state index < -0.39 is 0 Å². The largest absolute Gasteiger partial charge is 0.358 e. The van der Waals surface area contributed by atoms with Crippen molar-refractivity contribution < 1.29 is 4.79 Å². The van der Waals surface area contributed by atoms with E-state index in [1.165, 1.54) is 32.1 Å². The van der Waals surface area contributed by atoms with Crippen molar-refractivity contribution in [3.63, 3.8) is 0 Å². The fourth-order valence-corrected chi connectivity index (χ4v) is 3.71. The van der Waals surface area contributed by atoms with Crippen molar-refractivity contribution >= 4 is 5.91 Å². The first-order valence-corrected chi connectivity index (χ1v) is 7.39. The number of carbonyl (C=O) groups is 1. The Labute approximate surface area is 110 Å². The molecule has 2 heterocycles. The molecule has 2 fully saturated rings. The van der Waals surface area contributed by atoms with E-state index in [0.29, 0.717) is 18.1 Å². The van der Waals surface area contributed by atoms with Crippen molar-refractivity contribution in [2.24, 2.45) is 0 Å². The third kappa shape index (κ3) is 2.69. The zero-order chi connectivity index (χ0) is 13.1. The highest BCUT2D eigenvalue weighted by Crippen LogP contribution is 2.37. The van der Waals surface area contributed by atoms with E-state index in [0.717, 1.165) is 6.54 Å². The molecule has 0 aromatic heterocycles. The summed E-state index contributed by atoms with van der Waals surface area (Å²) in [6.07, 6.45) is 6.13. The Bertz CT molecular complexity index is 281. The second-order valence-electron chi connectivity index (χ2n) is 5.74. The van der Waals surface area contributed by atoms with E-state index in [1.807, 2.05) is 6.92 Å². The molecule has 2 bridgehead atoms. The Kier molecular flexibility index (Phi) is 4.62. The molecule has 3 atom stereocenters. The van der Waals surface area contributed by atoms with Crippen LogP contribution in [0.1, 0.15) is 46.0 Å². The summed E-state index contributed by atoms with van der Waals surface area (Å²) in [4.78, 5) is 14.3. The van der Waals surface area contributed by atoms with Crippen molar-refractivity contribution in [2.45, 2.75) is 70.1 Å². The van der Waals surface area contributed by atoms with Crippen molar-refractivity contribution in [3.05, 3.63) is 0 Å². The standard InChI is InChI=1S/C14H27N3O/c1-4-7-16-11-8-12-5-6-13(9-11)17(12)10(2)14(18)15-3/h10-13,16H,4-9H2,1-3H3,(H,15,18). The number of rotatable bonds is 5. The van der Waals surface area contributed by atoms with Crippen LogP contribution < -0.4 is 10.6 Å². The van der Waals surface area contributed by atoms with Crippen LogP contribution in [0.4, 0.5) is 0 Å². The fourth-order valence-electron chi connectivity index (χ4n) is 3.71. The molecule has 0 aromatic rings. The first-order valence-electron chi connectivity index (χ1n) is 7.39. The molecule has 0 spiro atoms. The Balaban J connectivity index is 1.95. The topological polar surface area (TPSA) is 44.4 Å². The molecule has 2 saturated heterocycles. The average molecular weight is 253 g/mol. The summed E-state index contributed by atoms with van der Waals surface area (Å²) in [7, 11) is 1.73. The molecular formula is C14H27N3O. The number of amides is 1. The van der Waals surface area contributed by atoms with Gasteiger partial charge in [0.05, 0.1) is 6.04 Å². The first-order chi connectivity index (χ1) is 8.67. The number of fused-ring (bicyclic) bond motifs is 2. The quantitative estimate of drug-likeness (QED) is 0.771. The summed E-state index contributed by atoms with van der Waals surface area (Å²) < 4.78 is 0. The van der Waals surface area contributed by atoms with Crippen LogP contribution in [0.2, 0.25) is 0 Å². The minimum Gasteiger partial charge on any atom is -0.358 e. The molecule has 0 aromatic carbocycles. The molecule has 2 aliphatic rings. The van der Waals surface area contributed by atoms with Crippen molar-refractivity contribution in [3.8, 4) is 0 Å². The molecule has 104 valence electrons. The van der Waals surface area contributed by atoms with Gasteiger partial charge in [0.25, 0.3) is 0 Å². The molecule has 3 unspecified atom stereocenters. The molecule has 2 N–H and O–H groups in total. The van der Waals surface area contributed by atoms with Crippen LogP contribution >= 0.6 is 0 Å². The number of likely N-dealkylation sites (N-methyl/N-ethyl adjacent to an activating group) is 1. The van der Waals surface area contributed by atoms with Crippen LogP contribution in [0.15, 0.2) is 0 Å². The van der Waals surface area contributed by atoms with Gasteiger partial charge in [-0.2, -0.15) is 0 Å². The molecule has 4 heteroatoms. The van der Waals surface area contributed by atoms with E-state index in [-0.39, 0.29) is 11.9 Å². The number of hydrogen-bond acceptors (Lipinski definition) is 3. The molecular weight excluding hydrogens is 226 g/mol. The summed E-state index contributed by atoms with van der Waals surface area (Å²) in [6, 6.07) is 1.89. The van der Waals surface area contributed by atoms with Gasteiger partial charge >= 0.3 is 0 Å². The van der Waals surface area contributed by atoms with E-state index in [1.54, 1.807) is 7.05 Å². The lowest BCUT2D eigenvalue weighted by Crippen LogP contribution is -2.56. The monoisotopic (exact) mass is 253 g/mol. The van der Waals surface area contributed by atoms with Crippen molar-refractivity contribution in [2.75, 3.05) is 13.6 Å². The van der Waals surface area contributed by atoms with Crippen LogP contribution in [0.3, 0.4) is 0 Å². The molecule has 2 rings (SSSR count). The fraction of sp³-hybridized carbons (Fsp3) is 0.929. The third-order valence-corrected chi connectivity index (χ3v) is 4.55. The Morgan fingerprint density at radius 3 is 2.44 bits per heavy atom. The van der Waals surface area contributed by atoms with Crippen LogP contribution in [-0.4, -0.2) is 48.6 Å². The van der Waals surface area contributed by atoms with E-state index in [9.17, 15) is 4.79 Å². The molecule has 0 radical (unpaired) electrons. The van der Waals surface area contributed by atoms with Gasteiger partial charge in [-0.25, -0.2) is 0 Å². The molecule has 4 nitrogen and oxygen atoms in total. The van der Waals surface area contributed by atoms with Crippen LogP contribution in [0.25, 0.3) is 0 Å². The van der Waals surface area contributed by atoms with Gasteiger partial charge in [0.2, 0.25) is 5.91 Å². The highest BCUT2D eigenvalue weighted by atomic mass is 16.2. The maximum atomic E-state index is 11.8. The SMILES string of the molecule is CCCNC1CC2CCC(C1)N2C(C)C(=O)NC. The van der Waals surface area contributed by atoms with E-state index in [2.05, 4.69) is 22.5 Å². The molecule has 2 aliphatic heterocycles. The predicted octanol–water partition coefficient (Wildman–Crippen LogP) is 1.12. The van der Waals surface area contributed by atoms with Crippen molar-refractivity contribution in [1.82, 2.24) is 15.5 Å². The highest BCUT2D eigenvalue weighted by Gasteiger charge is 2.43. The van der Waals surface area contributed by atoms with Gasteiger partial charge in [0.15, 0.2) is 0 Å². The number of carbonyl (C=O) groups excluding carboxylic acids is 1. The Morgan fingerprint density at radius 1 is 1.33 bits per heavy atom. The number of piperidine rings is 1. The van der Waals surface area contributed by atoms with Crippen molar-refractivity contribution in [1.29, 1.82) is 0 Å². The third-order valence-electron chi connectivity index (χ3n) is 4.55. The maximum absolute atomic E-state index is 11.8. The number of nitrogens with zero attached hydrogens (tertiary/aromatic N) is 1. The molecule has 1 amide bonds. The lowest BCUT2D eigenvalue weighted by molar-refractivity contribution is -0.127. The smallest absolute Gasteiger partial charge is 0.236 e. The highest BCUT2D eigenvalue weighted by molar-refractivity contribution is 5.81. The minimum absolute atomic E-state index is 0.0274. The lowest BCUT2D eigenvalue weighted by Gasteiger charge is -2.42. The zero-order valence-corrected chi connectivity index (χ0v) is 11.9. The summed E-state index contributed by atoms with van der Waals surface area (Å²) in [5, 5.41) is 6.43. The number of hydrogen-bond donors (Lipinski definition) is 2. The molecule has 0 aliphatic carbocycles. The van der Waals surface area contributed by atoms with Gasteiger partial charge in [-0.3, -0.25) is 9.69 Å². The van der Waals surface area contributed by atoms with Gasteiger partial charge in [0, 0.05) is 25.2 Å². The summed E-state index contributed by atoms with van der Waals surface area (Å²) in [5.74, 6) is 0.159. The van der Waals surface area contributed by atoms with E-state index in [4.69, 9.17) is 0 Å². The summed E-state index contributed by atoms with van der Waals surface area (Å²) >= 11 is 0.